The topological polar surface area (TPSA) is 82.2 Å². The highest BCUT2D eigenvalue weighted by molar-refractivity contribution is 7.13. The van der Waals surface area contributed by atoms with Gasteiger partial charge in [0.25, 0.3) is 5.91 Å². The lowest BCUT2D eigenvalue weighted by atomic mass is 9.97. The molecule has 2 aliphatic rings. The zero-order valence-corrected chi connectivity index (χ0v) is 15.7. The van der Waals surface area contributed by atoms with Crippen molar-refractivity contribution in [2.75, 3.05) is 12.8 Å². The summed E-state index contributed by atoms with van der Waals surface area (Å²) in [6.45, 7) is 0. The Morgan fingerprint density at radius 2 is 2.00 bits per heavy atom. The van der Waals surface area contributed by atoms with Crippen LogP contribution in [0.2, 0.25) is 0 Å². The van der Waals surface area contributed by atoms with Crippen molar-refractivity contribution in [3.63, 3.8) is 0 Å². The van der Waals surface area contributed by atoms with Gasteiger partial charge >= 0.3 is 0 Å². The summed E-state index contributed by atoms with van der Waals surface area (Å²) in [5.41, 5.74) is 8.08. The summed E-state index contributed by atoms with van der Waals surface area (Å²) in [7, 11) is 2.18. The van der Waals surface area contributed by atoms with Crippen LogP contribution in [0.5, 0.6) is 0 Å². The van der Waals surface area contributed by atoms with Crippen molar-refractivity contribution in [1.82, 2.24) is 10.2 Å². The lowest BCUT2D eigenvalue weighted by Gasteiger charge is -2.36. The highest BCUT2D eigenvalue weighted by Gasteiger charge is 2.39. The lowest BCUT2D eigenvalue weighted by molar-refractivity contribution is -0.115. The second kappa shape index (κ2) is 6.85. The summed E-state index contributed by atoms with van der Waals surface area (Å²) in [4.78, 5) is 16.2. The molecule has 1 aromatic heterocycles. The highest BCUT2D eigenvalue weighted by atomic mass is 32.1. The fourth-order valence-electron chi connectivity index (χ4n) is 4.30. The van der Waals surface area contributed by atoms with E-state index in [4.69, 9.17) is 11.1 Å². The maximum atomic E-state index is 12.6. The van der Waals surface area contributed by atoms with E-state index < -0.39 is 0 Å². The van der Waals surface area contributed by atoms with Crippen LogP contribution in [0.25, 0.3) is 10.4 Å². The Balaban J connectivity index is 1.45. The molecule has 26 heavy (non-hydrogen) atoms. The van der Waals surface area contributed by atoms with E-state index in [0.717, 1.165) is 23.3 Å². The van der Waals surface area contributed by atoms with Gasteiger partial charge in [-0.3, -0.25) is 10.2 Å². The van der Waals surface area contributed by atoms with Gasteiger partial charge in [-0.2, -0.15) is 0 Å². The zero-order valence-electron chi connectivity index (χ0n) is 14.9. The van der Waals surface area contributed by atoms with Crippen LogP contribution < -0.4 is 11.1 Å². The third-order valence-electron chi connectivity index (χ3n) is 5.79. The number of hydrogen-bond acceptors (Lipinski definition) is 5. The quantitative estimate of drug-likeness (QED) is 0.573. The molecule has 2 saturated heterocycles. The Bertz CT molecular complexity index is 818. The van der Waals surface area contributed by atoms with Crippen LogP contribution in [0.4, 0.5) is 5.69 Å². The van der Waals surface area contributed by atoms with Crippen molar-refractivity contribution in [3.8, 4) is 10.4 Å². The van der Waals surface area contributed by atoms with Gasteiger partial charge in [0.15, 0.2) is 0 Å². The minimum atomic E-state index is -0.325. The number of anilines is 1. The van der Waals surface area contributed by atoms with Crippen LogP contribution in [0.15, 0.2) is 35.7 Å². The maximum Gasteiger partial charge on any atom is 0.270 e. The number of nitrogens with zero attached hydrogens (tertiary/aromatic N) is 1. The summed E-state index contributed by atoms with van der Waals surface area (Å²) < 4.78 is 0. The second-order valence-corrected chi connectivity index (χ2v) is 8.29. The molecular weight excluding hydrogens is 344 g/mol. The van der Waals surface area contributed by atoms with E-state index in [9.17, 15) is 4.79 Å². The number of benzene rings is 1. The molecule has 0 spiro atoms. The van der Waals surface area contributed by atoms with Gasteiger partial charge in [-0.1, -0.05) is 12.1 Å². The Hall–Kier alpha value is -2.18. The first kappa shape index (κ1) is 17.2. The number of carbonyl (C=O) groups is 1. The zero-order chi connectivity index (χ0) is 18.3. The van der Waals surface area contributed by atoms with Crippen LogP contribution in [-0.4, -0.2) is 41.7 Å². The molecule has 2 bridgehead atoms. The van der Waals surface area contributed by atoms with E-state index in [1.54, 1.807) is 17.4 Å². The number of piperidine rings is 1. The summed E-state index contributed by atoms with van der Waals surface area (Å²) in [5, 5.41) is 13.4. The SMILES string of the molecule is CN1C2CCC1CC(NC(=O)C(=N)c1ccc(-c3cccs3)cc1N)C2. The normalized spacial score (nSPS) is 25.2. The van der Waals surface area contributed by atoms with E-state index in [1.165, 1.54) is 12.8 Å². The number of thiophene rings is 1. The van der Waals surface area contributed by atoms with E-state index in [1.807, 2.05) is 29.6 Å². The van der Waals surface area contributed by atoms with Gasteiger partial charge in [-0.25, -0.2) is 0 Å². The molecule has 2 aliphatic heterocycles. The standard InChI is InChI=1S/C20H24N4OS/c1-24-14-5-6-15(24)11-13(10-14)23-20(25)19(22)16-7-4-12(9-17(16)21)18-3-2-8-26-18/h2-4,7-9,13-15,22H,5-6,10-11,21H2,1H3,(H,23,25). The first-order valence-corrected chi connectivity index (χ1v) is 9.96. The van der Waals surface area contributed by atoms with Crippen LogP contribution in [0.1, 0.15) is 31.2 Å². The molecule has 0 saturated carbocycles. The average molecular weight is 369 g/mol. The number of amides is 1. The van der Waals surface area contributed by atoms with E-state index in [-0.39, 0.29) is 17.7 Å². The van der Waals surface area contributed by atoms with Crippen LogP contribution in [0, 0.1) is 5.41 Å². The number of carbonyl (C=O) groups excluding carboxylic acids is 1. The Kier molecular flexibility index (Phi) is 4.54. The number of nitrogen functional groups attached to an aromatic ring is 1. The molecule has 2 fully saturated rings. The molecule has 2 unspecified atom stereocenters. The second-order valence-electron chi connectivity index (χ2n) is 7.35. The first-order valence-electron chi connectivity index (χ1n) is 9.08. The molecule has 6 heteroatoms. The number of nitrogens with one attached hydrogen (secondary N) is 2. The van der Waals surface area contributed by atoms with Crippen molar-refractivity contribution in [1.29, 1.82) is 5.41 Å². The minimum absolute atomic E-state index is 0.0495. The molecule has 136 valence electrons. The van der Waals surface area contributed by atoms with E-state index >= 15 is 0 Å². The Morgan fingerprint density at radius 1 is 1.27 bits per heavy atom. The Morgan fingerprint density at radius 3 is 2.62 bits per heavy atom. The van der Waals surface area contributed by atoms with Crippen molar-refractivity contribution < 1.29 is 4.79 Å². The van der Waals surface area contributed by atoms with Crippen molar-refractivity contribution in [2.45, 2.75) is 43.8 Å². The van der Waals surface area contributed by atoms with Gasteiger partial charge in [-0.15, -0.1) is 11.3 Å². The van der Waals surface area contributed by atoms with Crippen molar-refractivity contribution >= 4 is 28.6 Å². The molecule has 2 atom stereocenters. The van der Waals surface area contributed by atoms with Crippen LogP contribution in [0.3, 0.4) is 0 Å². The maximum absolute atomic E-state index is 12.6. The molecule has 4 rings (SSSR count). The van der Waals surface area contributed by atoms with Crippen LogP contribution in [-0.2, 0) is 4.79 Å². The first-order chi connectivity index (χ1) is 12.5. The molecule has 2 aromatic rings. The molecule has 3 heterocycles. The molecule has 4 N–H and O–H groups in total. The van der Waals surface area contributed by atoms with Gasteiger partial charge in [0.2, 0.25) is 0 Å². The number of fused-ring (bicyclic) bond motifs is 2. The van der Waals surface area contributed by atoms with Crippen LogP contribution >= 0.6 is 11.3 Å². The van der Waals surface area contributed by atoms with E-state index in [2.05, 4.69) is 17.3 Å². The van der Waals surface area contributed by atoms with Gasteiger partial charge < -0.3 is 16.0 Å². The van der Waals surface area contributed by atoms with Gasteiger partial charge in [0.05, 0.1) is 0 Å². The van der Waals surface area contributed by atoms with Gasteiger partial charge in [0.1, 0.15) is 5.71 Å². The highest BCUT2D eigenvalue weighted by Crippen LogP contribution is 2.34. The summed E-state index contributed by atoms with van der Waals surface area (Å²) in [5.74, 6) is -0.325. The van der Waals surface area contributed by atoms with Gasteiger partial charge in [0, 0.05) is 34.3 Å². The minimum Gasteiger partial charge on any atom is -0.398 e. The molecule has 0 radical (unpaired) electrons. The van der Waals surface area contributed by atoms with Crippen molar-refractivity contribution in [2.24, 2.45) is 0 Å². The molecular formula is C20H24N4OS. The smallest absolute Gasteiger partial charge is 0.270 e. The third kappa shape index (κ3) is 3.15. The third-order valence-corrected chi connectivity index (χ3v) is 6.71. The predicted molar refractivity (Wildman–Crippen MR) is 107 cm³/mol. The van der Waals surface area contributed by atoms with Gasteiger partial charge in [-0.05, 0) is 61.9 Å². The van der Waals surface area contributed by atoms with E-state index in [0.29, 0.717) is 23.3 Å². The van der Waals surface area contributed by atoms with Crippen molar-refractivity contribution in [3.05, 3.63) is 41.3 Å². The molecule has 5 nitrogen and oxygen atoms in total. The fourth-order valence-corrected chi connectivity index (χ4v) is 5.02. The number of rotatable bonds is 4. The predicted octanol–water partition coefficient (Wildman–Crippen LogP) is 3.11. The summed E-state index contributed by atoms with van der Waals surface area (Å²) >= 11 is 1.64. The number of hydrogen-bond donors (Lipinski definition) is 3. The monoisotopic (exact) mass is 368 g/mol. The largest absolute Gasteiger partial charge is 0.398 e. The summed E-state index contributed by atoms with van der Waals surface area (Å²) in [6.07, 6.45) is 4.36. The number of nitrogens with two attached hydrogens (primary N) is 1. The molecule has 1 amide bonds. The molecule has 0 aliphatic carbocycles. The summed E-state index contributed by atoms with van der Waals surface area (Å²) in [6, 6.07) is 10.9. The molecule has 1 aromatic carbocycles. The fraction of sp³-hybridized carbons (Fsp3) is 0.400. The Labute approximate surface area is 157 Å². The lowest BCUT2D eigenvalue weighted by Crippen LogP contribution is -2.50. The average Bonchev–Trinajstić information content (AvgIpc) is 3.21.